The van der Waals surface area contributed by atoms with Crippen LogP contribution in [0.25, 0.3) is 0 Å². The van der Waals surface area contributed by atoms with Crippen LogP contribution in [0.3, 0.4) is 0 Å². The van der Waals surface area contributed by atoms with Gasteiger partial charge in [-0.05, 0) is 19.4 Å². The van der Waals surface area contributed by atoms with E-state index in [0.717, 1.165) is 0 Å². The van der Waals surface area contributed by atoms with E-state index in [1.54, 1.807) is 6.92 Å². The Kier molecular flexibility index (Phi) is 5.58. The molecule has 0 radical (unpaired) electrons. The fourth-order valence-electron chi connectivity index (χ4n) is 2.09. The molecule has 22 heavy (non-hydrogen) atoms. The van der Waals surface area contributed by atoms with Crippen molar-refractivity contribution in [3.63, 3.8) is 0 Å². The summed E-state index contributed by atoms with van der Waals surface area (Å²) in [5, 5.41) is 22.3. The molecule has 1 aromatic rings. The number of nitro groups is 1. The number of carboxylic acids is 1. The Hall–Kier alpha value is -2.48. The Labute approximate surface area is 127 Å². The number of aliphatic carboxylic acids is 1. The van der Waals surface area contributed by atoms with Crippen LogP contribution in [-0.4, -0.2) is 41.2 Å². The van der Waals surface area contributed by atoms with Crippen LogP contribution in [-0.2, 0) is 9.53 Å². The molecule has 0 aliphatic rings. The van der Waals surface area contributed by atoms with Crippen LogP contribution in [0, 0.1) is 17.0 Å². The number of nitrogens with zero attached hydrogens (tertiary/aromatic N) is 1. The van der Waals surface area contributed by atoms with Crippen molar-refractivity contribution in [1.29, 1.82) is 0 Å². The number of carbonyl (C=O) groups excluding carboxylic acids is 1. The van der Waals surface area contributed by atoms with Crippen molar-refractivity contribution < 1.29 is 24.4 Å². The molecule has 0 saturated carbocycles. The molecule has 0 aliphatic carbocycles. The second-order valence-electron chi connectivity index (χ2n) is 5.27. The van der Waals surface area contributed by atoms with Crippen molar-refractivity contribution in [3.05, 3.63) is 39.4 Å². The Balaban J connectivity index is 3.06. The highest BCUT2D eigenvalue weighted by Crippen LogP contribution is 2.19. The maximum absolute atomic E-state index is 12.3. The van der Waals surface area contributed by atoms with Crippen LogP contribution >= 0.6 is 0 Å². The number of aryl methyl sites for hydroxylation is 1. The van der Waals surface area contributed by atoms with E-state index in [1.165, 1.54) is 32.2 Å². The number of rotatable bonds is 7. The molecule has 8 nitrogen and oxygen atoms in total. The Morgan fingerprint density at radius 1 is 1.45 bits per heavy atom. The number of hydrogen-bond donors (Lipinski definition) is 2. The third-order valence-electron chi connectivity index (χ3n) is 3.10. The van der Waals surface area contributed by atoms with Crippen molar-refractivity contribution in [1.82, 2.24) is 5.32 Å². The standard InChI is InChI=1S/C14H18N2O6/c1-9-4-5-10(16(20)21)6-11(9)13(19)15-14(2,8-22-3)7-12(17)18/h4-6H,7-8H2,1-3H3,(H,15,19)(H,17,18). The number of non-ortho nitro benzene ring substituents is 1. The lowest BCUT2D eigenvalue weighted by molar-refractivity contribution is -0.384. The van der Waals surface area contributed by atoms with E-state index >= 15 is 0 Å². The van der Waals surface area contributed by atoms with Crippen LogP contribution in [0.5, 0.6) is 0 Å². The molecule has 2 N–H and O–H groups in total. The summed E-state index contributed by atoms with van der Waals surface area (Å²) < 4.78 is 4.95. The number of ether oxygens (including phenoxy) is 1. The average Bonchev–Trinajstić information content (AvgIpc) is 2.37. The summed E-state index contributed by atoms with van der Waals surface area (Å²) in [6.45, 7) is 3.18. The van der Waals surface area contributed by atoms with E-state index < -0.39 is 22.3 Å². The molecule has 0 bridgehead atoms. The van der Waals surface area contributed by atoms with Gasteiger partial charge in [-0.15, -0.1) is 0 Å². The molecule has 1 amide bonds. The molecular formula is C14H18N2O6. The van der Waals surface area contributed by atoms with Gasteiger partial charge in [-0.1, -0.05) is 6.07 Å². The van der Waals surface area contributed by atoms with Crippen LogP contribution < -0.4 is 5.32 Å². The maximum Gasteiger partial charge on any atom is 0.305 e. The van der Waals surface area contributed by atoms with Crippen molar-refractivity contribution in [2.75, 3.05) is 13.7 Å². The minimum atomic E-state index is -1.12. The van der Waals surface area contributed by atoms with Crippen molar-refractivity contribution >= 4 is 17.6 Å². The highest BCUT2D eigenvalue weighted by Gasteiger charge is 2.30. The molecule has 1 rings (SSSR count). The van der Waals surface area contributed by atoms with Gasteiger partial charge in [0.2, 0.25) is 0 Å². The normalized spacial score (nSPS) is 13.2. The van der Waals surface area contributed by atoms with Gasteiger partial charge in [0.15, 0.2) is 0 Å². The van der Waals surface area contributed by atoms with E-state index in [-0.39, 0.29) is 24.3 Å². The van der Waals surface area contributed by atoms with Gasteiger partial charge < -0.3 is 15.2 Å². The van der Waals surface area contributed by atoms with Gasteiger partial charge in [-0.3, -0.25) is 19.7 Å². The quantitative estimate of drug-likeness (QED) is 0.582. The number of nitrogens with one attached hydrogen (secondary N) is 1. The van der Waals surface area contributed by atoms with E-state index in [2.05, 4.69) is 5.32 Å². The molecule has 0 aromatic heterocycles. The third-order valence-corrected chi connectivity index (χ3v) is 3.10. The van der Waals surface area contributed by atoms with Gasteiger partial charge in [0, 0.05) is 24.8 Å². The molecule has 1 atom stereocenters. The highest BCUT2D eigenvalue weighted by atomic mass is 16.6. The number of amides is 1. The molecule has 0 spiro atoms. The van der Waals surface area contributed by atoms with Gasteiger partial charge in [-0.25, -0.2) is 0 Å². The van der Waals surface area contributed by atoms with Gasteiger partial charge in [-0.2, -0.15) is 0 Å². The van der Waals surface area contributed by atoms with Gasteiger partial charge in [0.05, 0.1) is 23.5 Å². The molecule has 120 valence electrons. The highest BCUT2D eigenvalue weighted by molar-refractivity contribution is 5.97. The first kappa shape index (κ1) is 17.6. The first-order valence-corrected chi connectivity index (χ1v) is 6.47. The fourth-order valence-corrected chi connectivity index (χ4v) is 2.09. The van der Waals surface area contributed by atoms with Crippen LogP contribution in [0.1, 0.15) is 29.3 Å². The van der Waals surface area contributed by atoms with E-state index in [1.807, 2.05) is 0 Å². The summed E-state index contributed by atoms with van der Waals surface area (Å²) in [6, 6.07) is 3.94. The second kappa shape index (κ2) is 6.99. The molecule has 0 heterocycles. The summed E-state index contributed by atoms with van der Waals surface area (Å²) in [5.74, 6) is -1.67. The molecule has 1 aromatic carbocycles. The Bertz CT molecular complexity index is 601. The number of methoxy groups -OCH3 is 1. The number of nitro benzene ring substituents is 1. The number of hydrogen-bond acceptors (Lipinski definition) is 5. The summed E-state index contributed by atoms with van der Waals surface area (Å²) in [7, 11) is 1.39. The fraction of sp³-hybridized carbons (Fsp3) is 0.429. The van der Waals surface area contributed by atoms with Crippen LogP contribution in [0.2, 0.25) is 0 Å². The Morgan fingerprint density at radius 2 is 2.09 bits per heavy atom. The van der Waals surface area contributed by atoms with E-state index in [4.69, 9.17) is 9.84 Å². The summed E-state index contributed by atoms with van der Waals surface area (Å²) in [6.07, 6.45) is -0.333. The van der Waals surface area contributed by atoms with Gasteiger partial charge in [0.25, 0.3) is 11.6 Å². The van der Waals surface area contributed by atoms with E-state index in [0.29, 0.717) is 5.56 Å². The number of carbonyl (C=O) groups is 2. The molecule has 1 unspecified atom stereocenters. The molecule has 8 heteroatoms. The number of benzene rings is 1. The monoisotopic (exact) mass is 310 g/mol. The summed E-state index contributed by atoms with van der Waals surface area (Å²) in [5.41, 5.74) is -0.642. The predicted octanol–water partition coefficient (Wildman–Crippen LogP) is 1.51. The van der Waals surface area contributed by atoms with Crippen molar-refractivity contribution in [3.8, 4) is 0 Å². The average molecular weight is 310 g/mol. The van der Waals surface area contributed by atoms with E-state index in [9.17, 15) is 19.7 Å². The van der Waals surface area contributed by atoms with Crippen molar-refractivity contribution in [2.24, 2.45) is 0 Å². The maximum atomic E-state index is 12.3. The largest absolute Gasteiger partial charge is 0.481 e. The third kappa shape index (κ3) is 4.52. The lowest BCUT2D eigenvalue weighted by Gasteiger charge is -2.28. The topological polar surface area (TPSA) is 119 Å². The molecular weight excluding hydrogens is 292 g/mol. The lowest BCUT2D eigenvalue weighted by Crippen LogP contribution is -2.50. The summed E-state index contributed by atoms with van der Waals surface area (Å²) >= 11 is 0. The lowest BCUT2D eigenvalue weighted by atomic mass is 9.97. The molecule has 0 saturated heterocycles. The second-order valence-corrected chi connectivity index (χ2v) is 5.27. The first-order valence-electron chi connectivity index (χ1n) is 6.47. The smallest absolute Gasteiger partial charge is 0.305 e. The van der Waals surface area contributed by atoms with Crippen LogP contribution in [0.4, 0.5) is 5.69 Å². The minimum Gasteiger partial charge on any atom is -0.481 e. The predicted molar refractivity (Wildman–Crippen MR) is 77.8 cm³/mol. The van der Waals surface area contributed by atoms with Crippen LogP contribution in [0.15, 0.2) is 18.2 Å². The first-order chi connectivity index (χ1) is 10.2. The zero-order chi connectivity index (χ0) is 16.9. The van der Waals surface area contributed by atoms with Crippen molar-refractivity contribution in [2.45, 2.75) is 25.8 Å². The minimum absolute atomic E-state index is 0.000978. The Morgan fingerprint density at radius 3 is 2.59 bits per heavy atom. The number of carboxylic acid groups (broad SMARTS) is 1. The van der Waals surface area contributed by atoms with Gasteiger partial charge in [0.1, 0.15) is 0 Å². The SMILES string of the molecule is COCC(C)(CC(=O)O)NC(=O)c1cc([N+](=O)[O-])ccc1C. The zero-order valence-corrected chi connectivity index (χ0v) is 12.6. The summed E-state index contributed by atoms with van der Waals surface area (Å²) in [4.78, 5) is 33.5. The zero-order valence-electron chi connectivity index (χ0n) is 12.6. The van der Waals surface area contributed by atoms with Gasteiger partial charge >= 0.3 is 5.97 Å². The molecule has 0 aliphatic heterocycles. The molecule has 0 fully saturated rings.